The van der Waals surface area contributed by atoms with Crippen molar-refractivity contribution < 1.29 is 19.4 Å². The molecule has 2 aliphatic rings. The molecule has 8 nitrogen and oxygen atoms in total. The summed E-state index contributed by atoms with van der Waals surface area (Å²) in [6.07, 6.45) is 6.67. The molecular formula is C18H20N4O4. The lowest BCUT2D eigenvalue weighted by Crippen LogP contribution is -2.33. The summed E-state index contributed by atoms with van der Waals surface area (Å²) < 4.78 is 6.49. The first-order valence-corrected chi connectivity index (χ1v) is 8.81. The standard InChI is InChI=1S/C18H20N4O4/c23-17(24)15(8-22-10-19-9-20-22)26-18(25)21-16-13-5-1-3-11(13)7-12-4-2-6-14(12)16/h7,9-10,15H,1-6,8H2,(H,21,25)(H,23,24). The van der Waals surface area contributed by atoms with Gasteiger partial charge in [0.05, 0.1) is 12.2 Å². The zero-order valence-corrected chi connectivity index (χ0v) is 14.3. The average Bonchev–Trinajstić information content (AvgIpc) is 3.35. The van der Waals surface area contributed by atoms with Crippen LogP contribution in [0.2, 0.25) is 0 Å². The molecule has 0 radical (unpaired) electrons. The molecular weight excluding hydrogens is 336 g/mol. The van der Waals surface area contributed by atoms with Crippen LogP contribution in [0.1, 0.15) is 35.1 Å². The maximum Gasteiger partial charge on any atom is 0.412 e. The third-order valence-electron chi connectivity index (χ3n) is 5.04. The van der Waals surface area contributed by atoms with Crippen LogP contribution in [0, 0.1) is 0 Å². The number of carbonyl (C=O) groups excluding carboxylic acids is 1. The van der Waals surface area contributed by atoms with Gasteiger partial charge in [0.25, 0.3) is 0 Å². The molecule has 0 bridgehead atoms. The molecule has 2 aromatic rings. The van der Waals surface area contributed by atoms with Gasteiger partial charge >= 0.3 is 12.1 Å². The number of anilines is 1. The summed E-state index contributed by atoms with van der Waals surface area (Å²) >= 11 is 0. The molecule has 1 aromatic carbocycles. The Bertz CT molecular complexity index is 815. The highest BCUT2D eigenvalue weighted by atomic mass is 16.6. The number of hydrogen-bond donors (Lipinski definition) is 2. The molecule has 0 saturated heterocycles. The number of carboxylic acid groups (broad SMARTS) is 1. The van der Waals surface area contributed by atoms with Crippen molar-refractivity contribution in [2.75, 3.05) is 5.32 Å². The molecule has 26 heavy (non-hydrogen) atoms. The minimum atomic E-state index is -1.33. The molecule has 8 heteroatoms. The van der Waals surface area contributed by atoms with Gasteiger partial charge in [-0.3, -0.25) is 5.32 Å². The zero-order chi connectivity index (χ0) is 18.1. The first kappa shape index (κ1) is 16.6. The quantitative estimate of drug-likeness (QED) is 0.848. The predicted octanol–water partition coefficient (Wildman–Crippen LogP) is 1.96. The summed E-state index contributed by atoms with van der Waals surface area (Å²) in [7, 11) is 0. The van der Waals surface area contributed by atoms with E-state index in [0.717, 1.165) is 44.2 Å². The molecule has 1 heterocycles. The van der Waals surface area contributed by atoms with Crippen LogP contribution in [0.5, 0.6) is 0 Å². The van der Waals surface area contributed by atoms with Gasteiger partial charge in [-0.25, -0.2) is 19.3 Å². The number of aromatic nitrogens is 3. The number of aryl methyl sites for hydroxylation is 2. The van der Waals surface area contributed by atoms with Crippen LogP contribution < -0.4 is 5.32 Å². The Labute approximate surface area is 150 Å². The van der Waals surface area contributed by atoms with Gasteiger partial charge in [-0.1, -0.05) is 6.07 Å². The monoisotopic (exact) mass is 356 g/mol. The third-order valence-corrected chi connectivity index (χ3v) is 5.04. The van der Waals surface area contributed by atoms with Crippen LogP contribution in [-0.2, 0) is 41.8 Å². The van der Waals surface area contributed by atoms with E-state index in [0.29, 0.717) is 0 Å². The summed E-state index contributed by atoms with van der Waals surface area (Å²) in [5, 5.41) is 16.0. The Kier molecular flexibility index (Phi) is 4.32. The van der Waals surface area contributed by atoms with Crippen LogP contribution in [-0.4, -0.2) is 38.0 Å². The number of nitrogens with one attached hydrogen (secondary N) is 1. The van der Waals surface area contributed by atoms with Gasteiger partial charge in [0.15, 0.2) is 0 Å². The van der Waals surface area contributed by atoms with Crippen molar-refractivity contribution in [2.24, 2.45) is 0 Å². The Morgan fingerprint density at radius 2 is 1.88 bits per heavy atom. The lowest BCUT2D eigenvalue weighted by atomic mass is 9.99. The number of ether oxygens (including phenoxy) is 1. The van der Waals surface area contributed by atoms with Crippen molar-refractivity contribution >= 4 is 17.7 Å². The number of hydrogen-bond acceptors (Lipinski definition) is 5. The van der Waals surface area contributed by atoms with Gasteiger partial charge in [0, 0.05) is 0 Å². The highest BCUT2D eigenvalue weighted by Crippen LogP contribution is 2.38. The number of amides is 1. The molecule has 1 amide bonds. The van der Waals surface area contributed by atoms with E-state index in [1.807, 2.05) is 0 Å². The topological polar surface area (TPSA) is 106 Å². The highest BCUT2D eigenvalue weighted by Gasteiger charge is 2.28. The molecule has 1 unspecified atom stereocenters. The number of benzene rings is 1. The van der Waals surface area contributed by atoms with Crippen molar-refractivity contribution in [3.05, 3.63) is 41.0 Å². The maximum atomic E-state index is 12.4. The van der Waals surface area contributed by atoms with Crippen LogP contribution in [0.3, 0.4) is 0 Å². The lowest BCUT2D eigenvalue weighted by Gasteiger charge is -2.18. The van der Waals surface area contributed by atoms with Gasteiger partial charge in [-0.05, 0) is 60.8 Å². The van der Waals surface area contributed by atoms with E-state index in [9.17, 15) is 14.7 Å². The largest absolute Gasteiger partial charge is 0.478 e. The highest BCUT2D eigenvalue weighted by molar-refractivity contribution is 5.90. The predicted molar refractivity (Wildman–Crippen MR) is 92.0 cm³/mol. The van der Waals surface area contributed by atoms with Crippen LogP contribution in [0.15, 0.2) is 18.7 Å². The SMILES string of the molecule is O=C(Nc1c2c(cc3c1CCC3)CCC2)OC(Cn1cncn1)C(=O)O. The number of nitrogens with zero attached hydrogens (tertiary/aromatic N) is 3. The fraction of sp³-hybridized carbons (Fsp3) is 0.444. The van der Waals surface area contributed by atoms with E-state index in [1.54, 1.807) is 0 Å². The number of carboxylic acids is 1. The second-order valence-electron chi connectivity index (χ2n) is 6.71. The number of rotatable bonds is 5. The third kappa shape index (κ3) is 3.14. The van der Waals surface area contributed by atoms with Crippen molar-refractivity contribution in [1.82, 2.24) is 14.8 Å². The molecule has 136 valence electrons. The molecule has 0 aliphatic heterocycles. The van der Waals surface area contributed by atoms with Crippen LogP contribution >= 0.6 is 0 Å². The second kappa shape index (κ2) is 6.78. The fourth-order valence-electron chi connectivity index (χ4n) is 3.89. The molecule has 2 N–H and O–H groups in total. The Morgan fingerprint density at radius 3 is 2.46 bits per heavy atom. The second-order valence-corrected chi connectivity index (χ2v) is 6.71. The number of fused-ring (bicyclic) bond motifs is 2. The first-order chi connectivity index (χ1) is 12.6. The molecule has 0 spiro atoms. The van der Waals surface area contributed by atoms with Gasteiger partial charge in [0.2, 0.25) is 6.10 Å². The summed E-state index contributed by atoms with van der Waals surface area (Å²) in [5.74, 6) is -1.22. The molecule has 1 aromatic heterocycles. The minimum Gasteiger partial charge on any atom is -0.478 e. The molecule has 0 fully saturated rings. The Hall–Kier alpha value is -2.90. The number of carbonyl (C=O) groups is 2. The van der Waals surface area contributed by atoms with Crippen molar-refractivity contribution in [3.8, 4) is 0 Å². The minimum absolute atomic E-state index is 0.0895. The molecule has 1 atom stereocenters. The van der Waals surface area contributed by atoms with Gasteiger partial charge in [0.1, 0.15) is 12.7 Å². The van der Waals surface area contributed by atoms with E-state index in [1.165, 1.54) is 39.6 Å². The van der Waals surface area contributed by atoms with E-state index < -0.39 is 18.2 Å². The van der Waals surface area contributed by atoms with E-state index >= 15 is 0 Å². The fourth-order valence-corrected chi connectivity index (χ4v) is 3.89. The van der Waals surface area contributed by atoms with Gasteiger partial charge in [-0.2, -0.15) is 5.10 Å². The van der Waals surface area contributed by atoms with Crippen LogP contribution in [0.25, 0.3) is 0 Å². The average molecular weight is 356 g/mol. The van der Waals surface area contributed by atoms with Gasteiger partial charge in [-0.15, -0.1) is 0 Å². The van der Waals surface area contributed by atoms with Crippen molar-refractivity contribution in [1.29, 1.82) is 0 Å². The smallest absolute Gasteiger partial charge is 0.412 e. The van der Waals surface area contributed by atoms with Gasteiger partial charge < -0.3 is 9.84 Å². The van der Waals surface area contributed by atoms with Crippen LogP contribution in [0.4, 0.5) is 10.5 Å². The zero-order valence-electron chi connectivity index (χ0n) is 14.3. The summed E-state index contributed by atoms with van der Waals surface area (Å²) in [5.41, 5.74) is 5.76. The summed E-state index contributed by atoms with van der Waals surface area (Å²) in [6, 6.07) is 2.27. The van der Waals surface area contributed by atoms with Crippen molar-refractivity contribution in [3.63, 3.8) is 0 Å². The van der Waals surface area contributed by atoms with E-state index in [2.05, 4.69) is 21.5 Å². The van der Waals surface area contributed by atoms with Crippen molar-refractivity contribution in [2.45, 2.75) is 51.2 Å². The lowest BCUT2D eigenvalue weighted by molar-refractivity contribution is -0.147. The first-order valence-electron chi connectivity index (χ1n) is 8.81. The number of aliphatic carboxylic acids is 1. The van der Waals surface area contributed by atoms with E-state index in [4.69, 9.17) is 4.74 Å². The maximum absolute atomic E-state index is 12.4. The Morgan fingerprint density at radius 1 is 1.19 bits per heavy atom. The Balaban J connectivity index is 1.52. The summed E-state index contributed by atoms with van der Waals surface area (Å²) in [6.45, 7) is -0.0895. The molecule has 0 saturated carbocycles. The molecule has 4 rings (SSSR count). The molecule has 2 aliphatic carbocycles. The normalized spacial score (nSPS) is 16.0. The van der Waals surface area contributed by atoms with E-state index in [-0.39, 0.29) is 6.54 Å². The summed E-state index contributed by atoms with van der Waals surface area (Å²) in [4.78, 5) is 27.6.